The minimum atomic E-state index is -1.29. The van der Waals surface area contributed by atoms with Gasteiger partial charge in [-0.15, -0.1) is 0 Å². The number of hydrogen-bond donors (Lipinski definition) is 3. The monoisotopic (exact) mass is 381 g/mol. The van der Waals surface area contributed by atoms with Crippen molar-refractivity contribution in [2.75, 3.05) is 19.5 Å². The molecule has 0 saturated carbocycles. The number of imidazole rings is 1. The number of aryl methyl sites for hydroxylation is 1. The van der Waals surface area contributed by atoms with Crippen molar-refractivity contribution in [3.05, 3.63) is 40.4 Å². The van der Waals surface area contributed by atoms with Gasteiger partial charge in [0.2, 0.25) is 5.43 Å². The fourth-order valence-corrected chi connectivity index (χ4v) is 3.00. The van der Waals surface area contributed by atoms with Crippen LogP contribution in [-0.2, 0) is 11.3 Å². The van der Waals surface area contributed by atoms with Crippen molar-refractivity contribution in [2.24, 2.45) is 0 Å². The number of nitrogens with two attached hydrogens (primary N) is 1. The van der Waals surface area contributed by atoms with Crippen molar-refractivity contribution in [1.82, 2.24) is 19.5 Å². The van der Waals surface area contributed by atoms with Crippen LogP contribution in [0.5, 0.6) is 0 Å². The number of fused-ring (bicyclic) bond motifs is 1. The Labute approximate surface area is 162 Å². The lowest BCUT2D eigenvalue weighted by molar-refractivity contribution is 0.0274. The molecule has 0 unspecified atom stereocenters. The summed E-state index contributed by atoms with van der Waals surface area (Å²) in [6.45, 7) is 4.24. The molecule has 146 valence electrons. The van der Waals surface area contributed by atoms with E-state index in [1.54, 1.807) is 36.0 Å². The number of pyridine rings is 2. The molecule has 1 atom stereocenters. The normalized spacial score (nSPS) is 13.1. The fraction of sp³-hybridized carbons (Fsp3) is 0.350. The number of rotatable bonds is 5. The van der Waals surface area contributed by atoms with E-state index in [4.69, 9.17) is 10.5 Å². The van der Waals surface area contributed by atoms with E-state index in [0.717, 1.165) is 6.42 Å². The van der Waals surface area contributed by atoms with E-state index in [2.05, 4.69) is 26.8 Å². The Balaban J connectivity index is 2.21. The third-order valence-electron chi connectivity index (χ3n) is 4.22. The van der Waals surface area contributed by atoms with Crippen molar-refractivity contribution < 1.29 is 9.84 Å². The Hall–Kier alpha value is -3.15. The predicted octanol–water partition coefficient (Wildman–Crippen LogP) is 1.53. The third-order valence-corrected chi connectivity index (χ3v) is 4.22. The average molecular weight is 381 g/mol. The minimum Gasteiger partial charge on any atom is -0.384 e. The number of methoxy groups -OCH3 is 1. The van der Waals surface area contributed by atoms with Gasteiger partial charge in [0.25, 0.3) is 0 Å². The first-order valence-electron chi connectivity index (χ1n) is 8.95. The molecule has 0 radical (unpaired) electrons. The molecular weight excluding hydrogens is 358 g/mol. The molecule has 3 aromatic rings. The lowest BCUT2D eigenvalue weighted by atomic mass is 10.1. The summed E-state index contributed by atoms with van der Waals surface area (Å²) >= 11 is 0. The highest BCUT2D eigenvalue weighted by Gasteiger charge is 2.19. The van der Waals surface area contributed by atoms with Gasteiger partial charge in [-0.2, -0.15) is 0 Å². The molecule has 0 aromatic carbocycles. The first-order chi connectivity index (χ1) is 13.4. The molecule has 0 aliphatic heterocycles. The predicted molar refractivity (Wildman–Crippen MR) is 108 cm³/mol. The average Bonchev–Trinajstić information content (AvgIpc) is 3.18. The molecule has 0 aliphatic carbocycles. The van der Waals surface area contributed by atoms with E-state index in [-0.39, 0.29) is 12.0 Å². The molecule has 3 heterocycles. The maximum atomic E-state index is 13.0. The molecule has 0 aliphatic rings. The van der Waals surface area contributed by atoms with Crippen molar-refractivity contribution in [1.29, 1.82) is 0 Å². The maximum absolute atomic E-state index is 13.0. The van der Waals surface area contributed by atoms with Gasteiger partial charge in [-0.05, 0) is 31.4 Å². The minimum absolute atomic E-state index is 0.0770. The molecule has 28 heavy (non-hydrogen) atoms. The molecule has 0 fully saturated rings. The molecule has 3 aromatic heterocycles. The second kappa shape index (κ2) is 7.84. The number of H-pyrrole nitrogens is 1. The van der Waals surface area contributed by atoms with Crippen LogP contribution in [0.1, 0.15) is 26.0 Å². The Morgan fingerprint density at radius 1 is 1.43 bits per heavy atom. The molecular formula is C20H23N5O3. The van der Waals surface area contributed by atoms with Gasteiger partial charge in [0.15, 0.2) is 0 Å². The van der Waals surface area contributed by atoms with Crippen molar-refractivity contribution >= 4 is 16.9 Å². The van der Waals surface area contributed by atoms with E-state index < -0.39 is 5.60 Å². The van der Waals surface area contributed by atoms with Gasteiger partial charge >= 0.3 is 0 Å². The van der Waals surface area contributed by atoms with E-state index in [0.29, 0.717) is 40.5 Å². The molecule has 0 saturated heterocycles. The smallest absolute Gasteiger partial charge is 0.204 e. The summed E-state index contributed by atoms with van der Waals surface area (Å²) in [7, 11) is 1.49. The van der Waals surface area contributed by atoms with Gasteiger partial charge in [0.05, 0.1) is 12.0 Å². The van der Waals surface area contributed by atoms with Gasteiger partial charge in [0, 0.05) is 26.0 Å². The van der Waals surface area contributed by atoms with Crippen LogP contribution in [0.15, 0.2) is 29.3 Å². The van der Waals surface area contributed by atoms with Crippen molar-refractivity contribution in [3.63, 3.8) is 0 Å². The SMILES string of the molecule is CCCn1c(N)c(-c2ncc[nH]2)c(=O)c2ccc(C#C[C@@](C)(O)COC)nc21. The van der Waals surface area contributed by atoms with Crippen LogP contribution < -0.4 is 11.2 Å². The quantitative estimate of drug-likeness (QED) is 0.577. The summed E-state index contributed by atoms with van der Waals surface area (Å²) in [5.41, 5.74) is 6.01. The highest BCUT2D eigenvalue weighted by atomic mass is 16.5. The zero-order valence-electron chi connectivity index (χ0n) is 16.1. The number of aromatic amines is 1. The number of aromatic nitrogens is 4. The van der Waals surface area contributed by atoms with Gasteiger partial charge in [-0.3, -0.25) is 4.79 Å². The van der Waals surface area contributed by atoms with Gasteiger partial charge in [0.1, 0.15) is 34.1 Å². The lowest BCUT2D eigenvalue weighted by Crippen LogP contribution is -2.27. The Morgan fingerprint density at radius 3 is 2.86 bits per heavy atom. The zero-order valence-corrected chi connectivity index (χ0v) is 16.1. The number of anilines is 1. The highest BCUT2D eigenvalue weighted by Crippen LogP contribution is 2.24. The number of aliphatic hydroxyl groups is 1. The van der Waals surface area contributed by atoms with Crippen molar-refractivity contribution in [3.8, 4) is 23.2 Å². The topological polar surface area (TPSA) is 119 Å². The summed E-state index contributed by atoms with van der Waals surface area (Å²) in [6.07, 6.45) is 4.02. The van der Waals surface area contributed by atoms with E-state index in [9.17, 15) is 9.90 Å². The maximum Gasteiger partial charge on any atom is 0.204 e. The fourth-order valence-electron chi connectivity index (χ4n) is 3.00. The molecule has 4 N–H and O–H groups in total. The standard InChI is InChI=1S/C20H23N5O3/c1-4-11-25-17(21)15(18-22-9-10-23-18)16(26)14-6-5-13(24-19(14)25)7-8-20(2,27)12-28-3/h5-6,9-10,27H,4,11-12,21H2,1-3H3,(H,22,23)/t20-/m1/s1. The van der Waals surface area contributed by atoms with Crippen LogP contribution in [0.25, 0.3) is 22.4 Å². The Kier molecular flexibility index (Phi) is 5.49. The number of nitrogens with zero attached hydrogens (tertiary/aromatic N) is 3. The van der Waals surface area contributed by atoms with Crippen LogP contribution in [0.3, 0.4) is 0 Å². The zero-order chi connectivity index (χ0) is 20.3. The largest absolute Gasteiger partial charge is 0.384 e. The van der Waals surface area contributed by atoms with Crippen LogP contribution in [0, 0.1) is 11.8 Å². The first kappa shape index (κ1) is 19.6. The van der Waals surface area contributed by atoms with Crippen LogP contribution in [0.4, 0.5) is 5.82 Å². The molecule has 8 heteroatoms. The van der Waals surface area contributed by atoms with E-state index in [1.807, 2.05) is 6.92 Å². The summed E-state index contributed by atoms with van der Waals surface area (Å²) < 4.78 is 6.75. The Morgan fingerprint density at radius 2 is 2.21 bits per heavy atom. The van der Waals surface area contributed by atoms with Crippen molar-refractivity contribution in [2.45, 2.75) is 32.4 Å². The molecule has 0 spiro atoms. The second-order valence-corrected chi connectivity index (χ2v) is 6.70. The van der Waals surface area contributed by atoms with Crippen LogP contribution in [-0.4, -0.2) is 43.9 Å². The molecule has 0 amide bonds. The number of hydrogen-bond acceptors (Lipinski definition) is 6. The molecule has 0 bridgehead atoms. The third kappa shape index (κ3) is 3.76. The number of nitrogen functional groups attached to an aromatic ring is 1. The number of nitrogens with one attached hydrogen (secondary N) is 1. The number of ether oxygens (including phenoxy) is 1. The van der Waals surface area contributed by atoms with Gasteiger partial charge in [-0.25, -0.2) is 9.97 Å². The highest BCUT2D eigenvalue weighted by molar-refractivity contribution is 5.86. The first-order valence-corrected chi connectivity index (χ1v) is 8.95. The molecule has 3 rings (SSSR count). The van der Waals surface area contributed by atoms with E-state index in [1.165, 1.54) is 7.11 Å². The Bertz CT molecular complexity index is 1100. The summed E-state index contributed by atoms with van der Waals surface area (Å²) in [5.74, 6) is 6.31. The summed E-state index contributed by atoms with van der Waals surface area (Å²) in [4.78, 5) is 24.7. The van der Waals surface area contributed by atoms with Crippen LogP contribution >= 0.6 is 0 Å². The summed E-state index contributed by atoms with van der Waals surface area (Å²) in [5, 5.41) is 10.6. The summed E-state index contributed by atoms with van der Waals surface area (Å²) in [6, 6.07) is 3.33. The van der Waals surface area contributed by atoms with Gasteiger partial charge in [-0.1, -0.05) is 12.8 Å². The lowest BCUT2D eigenvalue weighted by Gasteiger charge is -2.16. The second-order valence-electron chi connectivity index (χ2n) is 6.70. The van der Waals surface area contributed by atoms with Gasteiger partial charge < -0.3 is 25.1 Å². The van der Waals surface area contributed by atoms with E-state index >= 15 is 0 Å². The van der Waals surface area contributed by atoms with Crippen LogP contribution in [0.2, 0.25) is 0 Å². The molecule has 8 nitrogen and oxygen atoms in total.